The van der Waals surface area contributed by atoms with Gasteiger partial charge < -0.3 is 10.1 Å². The zero-order valence-electron chi connectivity index (χ0n) is 19.7. The van der Waals surface area contributed by atoms with E-state index >= 15 is 0 Å². The number of hydrogen-bond acceptors (Lipinski definition) is 6. The molecular weight excluding hydrogens is 513 g/mol. The van der Waals surface area contributed by atoms with E-state index in [-0.39, 0.29) is 11.3 Å². The van der Waals surface area contributed by atoms with Crippen LogP contribution >= 0.6 is 11.3 Å². The van der Waals surface area contributed by atoms with Crippen molar-refractivity contribution in [3.63, 3.8) is 0 Å². The molecule has 0 unspecified atom stereocenters. The summed E-state index contributed by atoms with van der Waals surface area (Å²) in [5.74, 6) is -1.09. The highest BCUT2D eigenvalue weighted by Crippen LogP contribution is 2.40. The number of anilines is 1. The van der Waals surface area contributed by atoms with Crippen molar-refractivity contribution in [2.45, 2.75) is 6.18 Å². The molecule has 6 nitrogen and oxygen atoms in total. The Morgan fingerprint density at radius 2 is 1.87 bits per heavy atom. The predicted octanol–water partition coefficient (Wildman–Crippen LogP) is 7.18. The van der Waals surface area contributed by atoms with Crippen LogP contribution in [0.5, 0.6) is 5.75 Å². The van der Waals surface area contributed by atoms with Crippen molar-refractivity contribution in [1.29, 1.82) is 5.26 Å². The number of thiophene rings is 1. The number of hydrogen-bond donors (Lipinski definition) is 1. The van der Waals surface area contributed by atoms with E-state index in [1.165, 1.54) is 23.6 Å². The molecule has 0 saturated carbocycles. The van der Waals surface area contributed by atoms with Crippen LogP contribution in [0, 0.1) is 11.3 Å². The summed E-state index contributed by atoms with van der Waals surface area (Å²) in [5.41, 5.74) is 2.41. The van der Waals surface area contributed by atoms with Crippen molar-refractivity contribution >= 4 is 33.1 Å². The van der Waals surface area contributed by atoms with E-state index in [2.05, 4.69) is 21.4 Å². The number of pyridine rings is 2. The third-order valence-corrected chi connectivity index (χ3v) is 6.98. The highest BCUT2D eigenvalue weighted by Gasteiger charge is 2.35. The number of fused-ring (bicyclic) bond motifs is 1. The number of benzene rings is 2. The standard InChI is InChI=1S/C28H17F3N4O2S/c1-37-23-8-7-17(11-21(23)28(29,30)31)27(36)35-20-6-2-4-16(10-20)25-19(13-32)15-34-22-12-24(38-26(22)25)18-5-3-9-33-14-18/h2-12,14-15H,1H3,(H,35,36). The van der Waals surface area contributed by atoms with Gasteiger partial charge in [-0.05, 0) is 48.0 Å². The number of methoxy groups -OCH3 is 1. The molecule has 2 aromatic carbocycles. The lowest BCUT2D eigenvalue weighted by atomic mass is 10.0. The van der Waals surface area contributed by atoms with Gasteiger partial charge in [0.1, 0.15) is 11.8 Å². The maximum atomic E-state index is 13.4. The molecule has 0 aliphatic carbocycles. The highest BCUT2D eigenvalue weighted by atomic mass is 32.1. The first-order valence-corrected chi connectivity index (χ1v) is 12.0. The molecule has 0 aliphatic heterocycles. The fourth-order valence-corrected chi connectivity index (χ4v) is 5.20. The zero-order chi connectivity index (χ0) is 26.9. The maximum Gasteiger partial charge on any atom is 0.419 e. The predicted molar refractivity (Wildman–Crippen MR) is 139 cm³/mol. The number of carbonyl (C=O) groups is 1. The summed E-state index contributed by atoms with van der Waals surface area (Å²) in [4.78, 5) is 22.4. The SMILES string of the molecule is COc1ccc(C(=O)Nc2cccc(-c3c(C#N)cnc4cc(-c5cccnc5)sc34)c2)cc1C(F)(F)F. The molecule has 3 aromatic heterocycles. The summed E-state index contributed by atoms with van der Waals surface area (Å²) in [6, 6.07) is 17.8. The molecule has 1 amide bonds. The molecule has 1 N–H and O–H groups in total. The number of carbonyl (C=O) groups excluding carboxylic acids is 1. The van der Waals surface area contributed by atoms with Crippen molar-refractivity contribution in [2.24, 2.45) is 0 Å². The molecule has 0 radical (unpaired) electrons. The van der Waals surface area contributed by atoms with Gasteiger partial charge in [0.05, 0.1) is 28.5 Å². The Hall–Kier alpha value is -4.75. The van der Waals surface area contributed by atoms with Gasteiger partial charge in [0.2, 0.25) is 0 Å². The van der Waals surface area contributed by atoms with Gasteiger partial charge >= 0.3 is 6.18 Å². The summed E-state index contributed by atoms with van der Waals surface area (Å²) in [6.07, 6.45) is 0.245. The molecule has 0 spiro atoms. The average Bonchev–Trinajstić information content (AvgIpc) is 3.36. The van der Waals surface area contributed by atoms with Gasteiger partial charge in [-0.1, -0.05) is 18.2 Å². The van der Waals surface area contributed by atoms with Gasteiger partial charge in [-0.2, -0.15) is 18.4 Å². The number of nitrogens with one attached hydrogen (secondary N) is 1. The Balaban J connectivity index is 1.52. The number of nitriles is 1. The molecule has 5 rings (SSSR count). The second-order valence-electron chi connectivity index (χ2n) is 8.17. The van der Waals surface area contributed by atoms with Crippen molar-refractivity contribution in [2.75, 3.05) is 12.4 Å². The van der Waals surface area contributed by atoms with Crippen LogP contribution in [-0.4, -0.2) is 23.0 Å². The molecule has 0 bridgehead atoms. The van der Waals surface area contributed by atoms with E-state index in [0.717, 1.165) is 34.4 Å². The number of ether oxygens (including phenoxy) is 1. The lowest BCUT2D eigenvalue weighted by Gasteiger charge is -2.14. The molecule has 10 heteroatoms. The van der Waals surface area contributed by atoms with Crippen LogP contribution < -0.4 is 10.1 Å². The van der Waals surface area contributed by atoms with Gasteiger partial charge in [0.15, 0.2) is 0 Å². The van der Waals surface area contributed by atoms with E-state index < -0.39 is 17.6 Å². The minimum atomic E-state index is -4.68. The van der Waals surface area contributed by atoms with E-state index in [4.69, 9.17) is 4.74 Å². The second-order valence-corrected chi connectivity index (χ2v) is 9.23. The smallest absolute Gasteiger partial charge is 0.419 e. The summed E-state index contributed by atoms with van der Waals surface area (Å²) < 4.78 is 45.8. The third kappa shape index (κ3) is 4.79. The number of aromatic nitrogens is 2. The summed E-state index contributed by atoms with van der Waals surface area (Å²) in [6.45, 7) is 0. The molecule has 0 atom stereocenters. The number of nitrogens with zero attached hydrogens (tertiary/aromatic N) is 3. The molecule has 38 heavy (non-hydrogen) atoms. The van der Waals surface area contributed by atoms with E-state index in [0.29, 0.717) is 27.9 Å². The van der Waals surface area contributed by atoms with Crippen LogP contribution in [-0.2, 0) is 6.18 Å². The van der Waals surface area contributed by atoms with Crippen LogP contribution in [0.25, 0.3) is 31.8 Å². The highest BCUT2D eigenvalue weighted by molar-refractivity contribution is 7.22. The second kappa shape index (κ2) is 9.95. The minimum absolute atomic E-state index is 0.174. The van der Waals surface area contributed by atoms with Gasteiger partial charge in [-0.25, -0.2) is 0 Å². The molecule has 0 saturated heterocycles. The number of halogens is 3. The molecular formula is C28H17F3N4O2S. The Kier molecular flexibility index (Phi) is 6.53. The number of alkyl halides is 3. The average molecular weight is 531 g/mol. The monoisotopic (exact) mass is 530 g/mol. The molecule has 0 fully saturated rings. The summed E-state index contributed by atoms with van der Waals surface area (Å²) in [7, 11) is 1.13. The maximum absolute atomic E-state index is 13.4. The van der Waals surface area contributed by atoms with Gasteiger partial charge in [-0.15, -0.1) is 11.3 Å². The topological polar surface area (TPSA) is 87.9 Å². The van der Waals surface area contributed by atoms with Crippen LogP contribution in [0.3, 0.4) is 0 Å². The first kappa shape index (κ1) is 24.9. The lowest BCUT2D eigenvalue weighted by Crippen LogP contribution is -2.15. The van der Waals surface area contributed by atoms with Crippen LogP contribution in [0.4, 0.5) is 18.9 Å². The van der Waals surface area contributed by atoms with Crippen molar-refractivity contribution < 1.29 is 22.7 Å². The van der Waals surface area contributed by atoms with Crippen molar-refractivity contribution in [3.05, 3.63) is 95.9 Å². The van der Waals surface area contributed by atoms with Crippen molar-refractivity contribution in [1.82, 2.24) is 9.97 Å². The zero-order valence-corrected chi connectivity index (χ0v) is 20.5. The molecule has 188 valence electrons. The summed E-state index contributed by atoms with van der Waals surface area (Å²) >= 11 is 1.47. The van der Waals surface area contributed by atoms with E-state index in [1.54, 1.807) is 36.7 Å². The largest absolute Gasteiger partial charge is 0.496 e. The Labute approximate surface area is 219 Å². The Morgan fingerprint density at radius 3 is 2.58 bits per heavy atom. The number of rotatable bonds is 5. The Morgan fingerprint density at radius 1 is 1.05 bits per heavy atom. The Bertz CT molecular complexity index is 1710. The van der Waals surface area contributed by atoms with E-state index in [1.807, 2.05) is 18.2 Å². The summed E-state index contributed by atoms with van der Waals surface area (Å²) in [5, 5.41) is 12.4. The third-order valence-electron chi connectivity index (χ3n) is 5.78. The normalized spacial score (nSPS) is 11.2. The molecule has 0 aliphatic rings. The van der Waals surface area contributed by atoms with Crippen LogP contribution in [0.15, 0.2) is 79.3 Å². The fourth-order valence-electron chi connectivity index (χ4n) is 4.03. The first-order valence-electron chi connectivity index (χ1n) is 11.2. The van der Waals surface area contributed by atoms with Crippen LogP contribution in [0.1, 0.15) is 21.5 Å². The lowest BCUT2D eigenvalue weighted by molar-refractivity contribution is -0.138. The fraction of sp³-hybridized carbons (Fsp3) is 0.0714. The van der Waals surface area contributed by atoms with Crippen molar-refractivity contribution in [3.8, 4) is 33.4 Å². The van der Waals surface area contributed by atoms with Gasteiger partial charge in [0, 0.05) is 45.8 Å². The quantitative estimate of drug-likeness (QED) is 0.260. The molecule has 3 heterocycles. The van der Waals surface area contributed by atoms with Gasteiger partial charge in [0.25, 0.3) is 5.91 Å². The van der Waals surface area contributed by atoms with Crippen LogP contribution in [0.2, 0.25) is 0 Å². The van der Waals surface area contributed by atoms with Gasteiger partial charge in [-0.3, -0.25) is 14.8 Å². The minimum Gasteiger partial charge on any atom is -0.496 e. The number of amides is 1. The first-order chi connectivity index (χ1) is 18.3. The van der Waals surface area contributed by atoms with E-state index in [9.17, 15) is 23.2 Å². The molecule has 5 aromatic rings.